The van der Waals surface area contributed by atoms with Gasteiger partial charge in [-0.3, -0.25) is 4.79 Å². The van der Waals surface area contributed by atoms with Crippen LogP contribution in [-0.4, -0.2) is 30.3 Å². The highest BCUT2D eigenvalue weighted by Gasteiger charge is 2.29. The van der Waals surface area contributed by atoms with E-state index in [2.05, 4.69) is 0 Å². The third kappa shape index (κ3) is 2.75. The highest BCUT2D eigenvalue weighted by atomic mass is 32.2. The number of ether oxygens (including phenoxy) is 1. The molecule has 0 saturated carbocycles. The number of nitrogens with zero attached hydrogens (tertiary/aromatic N) is 1. The summed E-state index contributed by atoms with van der Waals surface area (Å²) < 4.78 is 5.25. The zero-order valence-corrected chi connectivity index (χ0v) is 12.6. The molecule has 1 aliphatic heterocycles. The lowest BCUT2D eigenvalue weighted by Crippen LogP contribution is -2.35. The van der Waals surface area contributed by atoms with E-state index < -0.39 is 5.97 Å². The Morgan fingerprint density at radius 3 is 2.70 bits per heavy atom. The molecule has 1 aromatic carbocycles. The summed E-state index contributed by atoms with van der Waals surface area (Å²) in [5.74, 6) is 0.216. The maximum atomic E-state index is 12.3. The molecule has 1 aliphatic rings. The van der Waals surface area contributed by atoms with Crippen LogP contribution in [0.3, 0.4) is 0 Å². The van der Waals surface area contributed by atoms with Crippen molar-refractivity contribution in [1.29, 1.82) is 0 Å². The van der Waals surface area contributed by atoms with Crippen LogP contribution in [0.5, 0.6) is 0 Å². The first-order chi connectivity index (χ1) is 9.41. The van der Waals surface area contributed by atoms with E-state index in [0.29, 0.717) is 23.5 Å². The molecule has 0 spiro atoms. The van der Waals surface area contributed by atoms with E-state index >= 15 is 0 Å². The van der Waals surface area contributed by atoms with Gasteiger partial charge in [0.15, 0.2) is 0 Å². The van der Waals surface area contributed by atoms with Crippen molar-refractivity contribution in [2.45, 2.75) is 31.8 Å². The van der Waals surface area contributed by atoms with E-state index in [1.807, 2.05) is 6.07 Å². The van der Waals surface area contributed by atoms with Crippen LogP contribution in [0.4, 0.5) is 11.4 Å². The Hall–Kier alpha value is -1.69. The predicted octanol–water partition coefficient (Wildman–Crippen LogP) is 2.29. The molecule has 6 heteroatoms. The number of hydrogen-bond donors (Lipinski definition) is 1. The Labute approximate surface area is 122 Å². The fourth-order valence-corrected chi connectivity index (χ4v) is 3.14. The summed E-state index contributed by atoms with van der Waals surface area (Å²) in [7, 11) is 0. The zero-order chi connectivity index (χ0) is 14.9. The molecule has 1 amide bonds. The molecule has 2 N–H and O–H groups in total. The van der Waals surface area contributed by atoms with E-state index in [-0.39, 0.29) is 12.0 Å². The number of rotatable bonds is 2. The molecule has 2 rings (SSSR count). The van der Waals surface area contributed by atoms with Gasteiger partial charge in [0.1, 0.15) is 5.56 Å². The van der Waals surface area contributed by atoms with Gasteiger partial charge in [-0.05, 0) is 26.0 Å². The summed E-state index contributed by atoms with van der Waals surface area (Å²) in [5.41, 5.74) is 7.14. The van der Waals surface area contributed by atoms with Crippen molar-refractivity contribution >= 4 is 35.0 Å². The molecule has 0 aliphatic carbocycles. The summed E-state index contributed by atoms with van der Waals surface area (Å²) in [4.78, 5) is 26.5. The van der Waals surface area contributed by atoms with Crippen molar-refractivity contribution < 1.29 is 14.3 Å². The summed E-state index contributed by atoms with van der Waals surface area (Å²) in [6.07, 6.45) is -0.236. The summed E-state index contributed by atoms with van der Waals surface area (Å²) in [6.45, 7) is 5.61. The number of nitrogen functional groups attached to an aromatic ring is 1. The quantitative estimate of drug-likeness (QED) is 0.669. The largest absolute Gasteiger partial charge is 0.459 e. The number of amides is 1. The van der Waals surface area contributed by atoms with Gasteiger partial charge < -0.3 is 15.4 Å². The predicted molar refractivity (Wildman–Crippen MR) is 80.2 cm³/mol. The Balaban J connectivity index is 2.55. The lowest BCUT2D eigenvalue weighted by atomic mass is 10.1. The first-order valence-corrected chi connectivity index (χ1v) is 7.44. The molecule has 20 heavy (non-hydrogen) atoms. The second kappa shape index (κ2) is 5.75. The number of hydrogen-bond acceptors (Lipinski definition) is 5. The summed E-state index contributed by atoms with van der Waals surface area (Å²) in [6, 6.07) is 3.53. The van der Waals surface area contributed by atoms with Gasteiger partial charge in [-0.15, -0.1) is 11.8 Å². The van der Waals surface area contributed by atoms with Crippen molar-refractivity contribution in [3.63, 3.8) is 0 Å². The molecule has 1 heterocycles. The van der Waals surface area contributed by atoms with Gasteiger partial charge in [0.05, 0.1) is 11.8 Å². The van der Waals surface area contributed by atoms with E-state index in [1.165, 1.54) is 6.92 Å². The van der Waals surface area contributed by atoms with Crippen molar-refractivity contribution in [2.75, 3.05) is 22.9 Å². The third-order valence-electron chi connectivity index (χ3n) is 2.94. The minimum Gasteiger partial charge on any atom is -0.459 e. The number of nitrogens with two attached hydrogens (primary N) is 1. The molecule has 1 aromatic rings. The van der Waals surface area contributed by atoms with Crippen molar-refractivity contribution in [1.82, 2.24) is 0 Å². The number of carbonyl (C=O) groups is 2. The van der Waals surface area contributed by atoms with E-state index in [1.54, 1.807) is 36.6 Å². The smallest absolute Gasteiger partial charge is 0.342 e. The summed E-state index contributed by atoms with van der Waals surface area (Å²) >= 11 is 1.61. The standard InChI is InChI=1S/C14H18N2O3S/c1-8(2)19-14(18)12-10(15)4-5-11-13(12)16(9(3)17)6-7-20-11/h4-5,8H,6-7,15H2,1-3H3. The Morgan fingerprint density at radius 1 is 1.40 bits per heavy atom. The molecule has 0 aromatic heterocycles. The Bertz CT molecular complexity index is 558. The van der Waals surface area contributed by atoms with Gasteiger partial charge >= 0.3 is 5.97 Å². The Kier molecular flexibility index (Phi) is 4.23. The van der Waals surface area contributed by atoms with Crippen LogP contribution in [0.25, 0.3) is 0 Å². The van der Waals surface area contributed by atoms with Crippen LogP contribution >= 0.6 is 11.8 Å². The number of esters is 1. The average Bonchev–Trinajstić information content (AvgIpc) is 2.36. The molecule has 0 atom stereocenters. The number of fused-ring (bicyclic) bond motifs is 1. The normalized spacial score (nSPS) is 14.1. The topological polar surface area (TPSA) is 72.6 Å². The molecule has 5 nitrogen and oxygen atoms in total. The number of thioether (sulfide) groups is 1. The van der Waals surface area contributed by atoms with Crippen molar-refractivity contribution in [3.05, 3.63) is 17.7 Å². The van der Waals surface area contributed by atoms with E-state index in [4.69, 9.17) is 10.5 Å². The third-order valence-corrected chi connectivity index (χ3v) is 3.97. The van der Waals surface area contributed by atoms with Crippen LogP contribution in [0.2, 0.25) is 0 Å². The Morgan fingerprint density at radius 2 is 2.10 bits per heavy atom. The van der Waals surface area contributed by atoms with Gasteiger partial charge in [0.2, 0.25) is 5.91 Å². The maximum absolute atomic E-state index is 12.3. The fourth-order valence-electron chi connectivity index (χ4n) is 2.13. The van der Waals surface area contributed by atoms with Crippen LogP contribution in [0, 0.1) is 0 Å². The highest BCUT2D eigenvalue weighted by Crippen LogP contribution is 2.40. The zero-order valence-electron chi connectivity index (χ0n) is 11.8. The average molecular weight is 294 g/mol. The minimum atomic E-state index is -0.483. The lowest BCUT2D eigenvalue weighted by molar-refractivity contribution is -0.116. The van der Waals surface area contributed by atoms with Gasteiger partial charge in [0.25, 0.3) is 0 Å². The number of anilines is 2. The molecule has 108 valence electrons. The van der Waals surface area contributed by atoms with Gasteiger partial charge in [-0.2, -0.15) is 0 Å². The van der Waals surface area contributed by atoms with Gasteiger partial charge in [-0.1, -0.05) is 0 Å². The molecular formula is C14H18N2O3S. The van der Waals surface area contributed by atoms with E-state index in [9.17, 15) is 9.59 Å². The monoisotopic (exact) mass is 294 g/mol. The maximum Gasteiger partial charge on any atom is 0.342 e. The van der Waals surface area contributed by atoms with Crippen LogP contribution in [-0.2, 0) is 9.53 Å². The van der Waals surface area contributed by atoms with Gasteiger partial charge in [-0.25, -0.2) is 4.79 Å². The van der Waals surface area contributed by atoms with Crippen LogP contribution in [0.1, 0.15) is 31.1 Å². The van der Waals surface area contributed by atoms with Gasteiger partial charge in [0, 0.05) is 29.8 Å². The molecule has 0 fully saturated rings. The van der Waals surface area contributed by atoms with Crippen molar-refractivity contribution in [2.24, 2.45) is 0 Å². The second-order valence-corrected chi connectivity index (χ2v) is 5.99. The lowest BCUT2D eigenvalue weighted by Gasteiger charge is -2.30. The SMILES string of the molecule is CC(=O)N1CCSc2ccc(N)c(C(=O)OC(C)C)c21. The second-order valence-electron chi connectivity index (χ2n) is 4.85. The fraction of sp³-hybridized carbons (Fsp3) is 0.429. The molecule has 0 saturated heterocycles. The van der Waals surface area contributed by atoms with Crippen LogP contribution < -0.4 is 10.6 Å². The molecule has 0 unspecified atom stereocenters. The van der Waals surface area contributed by atoms with Crippen LogP contribution in [0.15, 0.2) is 17.0 Å². The minimum absolute atomic E-state index is 0.101. The number of benzene rings is 1. The first-order valence-electron chi connectivity index (χ1n) is 6.46. The van der Waals surface area contributed by atoms with E-state index in [0.717, 1.165) is 10.6 Å². The molecular weight excluding hydrogens is 276 g/mol. The summed E-state index contributed by atoms with van der Waals surface area (Å²) in [5, 5.41) is 0. The molecule has 0 bridgehead atoms. The first kappa shape index (κ1) is 14.7. The number of carbonyl (C=O) groups excluding carboxylic acids is 2. The van der Waals surface area contributed by atoms with Crippen molar-refractivity contribution in [3.8, 4) is 0 Å². The molecule has 0 radical (unpaired) electrons. The highest BCUT2D eigenvalue weighted by molar-refractivity contribution is 7.99.